The molecule has 7 nitrogen and oxygen atoms in total. The summed E-state index contributed by atoms with van der Waals surface area (Å²) < 4.78 is 23.5. The monoisotopic (exact) mass is 347 g/mol. The van der Waals surface area contributed by atoms with Crippen LogP contribution in [0.25, 0.3) is 0 Å². The van der Waals surface area contributed by atoms with Gasteiger partial charge in [-0.2, -0.15) is 0 Å². The van der Waals surface area contributed by atoms with Crippen LogP contribution in [0.4, 0.5) is 10.7 Å². The smallest absolute Gasteiger partial charge is 0.305 e. The second kappa shape index (κ2) is 6.13. The number of likely N-dealkylation sites (N-methyl/N-ethyl adjacent to an activating group) is 1. The molecule has 9 heteroatoms. The Hall–Kier alpha value is -1.19. The van der Waals surface area contributed by atoms with Gasteiger partial charge in [0.25, 0.3) is 0 Å². The Morgan fingerprint density at radius 1 is 1.41 bits per heavy atom. The Labute approximate surface area is 134 Å². The van der Waals surface area contributed by atoms with Crippen molar-refractivity contribution in [1.82, 2.24) is 4.90 Å². The van der Waals surface area contributed by atoms with Crippen molar-refractivity contribution in [3.8, 4) is 0 Å². The highest BCUT2D eigenvalue weighted by Crippen LogP contribution is 2.42. The summed E-state index contributed by atoms with van der Waals surface area (Å²) in [6.07, 6.45) is 1.08. The summed E-state index contributed by atoms with van der Waals surface area (Å²) in [5.74, 6) is 0.311. The number of hydrogen-bond donors (Lipinski definition) is 0. The number of sulfone groups is 1. The molecule has 1 aliphatic heterocycles. The van der Waals surface area contributed by atoms with Crippen molar-refractivity contribution in [3.63, 3.8) is 0 Å². The lowest BCUT2D eigenvalue weighted by Gasteiger charge is -2.42. The van der Waals surface area contributed by atoms with Crippen molar-refractivity contribution in [2.75, 3.05) is 37.8 Å². The molecule has 2 heterocycles. The fourth-order valence-corrected chi connectivity index (χ4v) is 4.76. The first kappa shape index (κ1) is 17.2. The molecule has 1 aromatic heterocycles. The summed E-state index contributed by atoms with van der Waals surface area (Å²) in [6.45, 7) is 6.42. The summed E-state index contributed by atoms with van der Waals surface area (Å²) in [4.78, 5) is 15.0. The van der Waals surface area contributed by atoms with Crippen LogP contribution in [0.15, 0.2) is 10.3 Å². The van der Waals surface area contributed by atoms with Gasteiger partial charge < -0.3 is 9.80 Å². The van der Waals surface area contributed by atoms with Crippen molar-refractivity contribution in [2.24, 2.45) is 5.92 Å². The average molecular weight is 347 g/mol. The average Bonchev–Trinajstić information content (AvgIpc) is 2.83. The Balaban J connectivity index is 2.50. The highest BCUT2D eigenvalue weighted by atomic mass is 32.2. The van der Waals surface area contributed by atoms with E-state index in [0.717, 1.165) is 30.7 Å². The zero-order chi connectivity index (χ0) is 16.7. The van der Waals surface area contributed by atoms with E-state index in [0.29, 0.717) is 17.5 Å². The van der Waals surface area contributed by atoms with Crippen LogP contribution in [-0.2, 0) is 9.84 Å². The Morgan fingerprint density at radius 2 is 2.05 bits per heavy atom. The minimum Gasteiger partial charge on any atom is -0.352 e. The summed E-state index contributed by atoms with van der Waals surface area (Å²) in [5, 5.41) is 11.8. The van der Waals surface area contributed by atoms with Crippen LogP contribution in [0.3, 0.4) is 0 Å². The molecule has 22 heavy (non-hydrogen) atoms. The lowest BCUT2D eigenvalue weighted by Crippen LogP contribution is -2.54. The maximum atomic E-state index is 11.7. The fraction of sp³-hybridized carbons (Fsp3) is 0.692. The van der Waals surface area contributed by atoms with E-state index < -0.39 is 14.8 Å². The van der Waals surface area contributed by atoms with Crippen LogP contribution in [-0.4, -0.2) is 57.2 Å². The topological polar surface area (TPSA) is 83.8 Å². The molecule has 1 aromatic rings. The summed E-state index contributed by atoms with van der Waals surface area (Å²) in [5.41, 5.74) is -0.111. The summed E-state index contributed by atoms with van der Waals surface area (Å²) >= 11 is 1.00. The molecule has 0 bridgehead atoms. The molecule has 1 aliphatic rings. The van der Waals surface area contributed by atoms with Gasteiger partial charge in [0.2, 0.25) is 0 Å². The van der Waals surface area contributed by atoms with Crippen molar-refractivity contribution in [3.05, 3.63) is 16.2 Å². The highest BCUT2D eigenvalue weighted by Gasteiger charge is 2.34. The number of nitrogens with zero attached hydrogens (tertiary/aromatic N) is 3. The molecule has 124 valence electrons. The minimum atomic E-state index is -3.45. The molecule has 2 rings (SSSR count). The van der Waals surface area contributed by atoms with Gasteiger partial charge in [-0.25, -0.2) is 8.42 Å². The maximum absolute atomic E-state index is 11.7. The zero-order valence-corrected chi connectivity index (χ0v) is 14.8. The third kappa shape index (κ3) is 3.41. The molecule has 1 fully saturated rings. The normalized spacial score (nSPS) is 20.6. The first-order valence-corrected chi connectivity index (χ1v) is 9.75. The van der Waals surface area contributed by atoms with Crippen molar-refractivity contribution < 1.29 is 13.3 Å². The van der Waals surface area contributed by atoms with E-state index in [-0.39, 0.29) is 15.9 Å². The molecule has 0 saturated carbocycles. The predicted molar refractivity (Wildman–Crippen MR) is 87.6 cm³/mol. The molecule has 1 atom stereocenters. The lowest BCUT2D eigenvalue weighted by molar-refractivity contribution is -0.383. The molecule has 1 saturated heterocycles. The predicted octanol–water partition coefficient (Wildman–Crippen LogP) is 1.84. The largest absolute Gasteiger partial charge is 0.352 e. The molecular weight excluding hydrogens is 326 g/mol. The van der Waals surface area contributed by atoms with E-state index in [1.54, 1.807) is 0 Å². The van der Waals surface area contributed by atoms with E-state index in [4.69, 9.17) is 0 Å². The molecular formula is C13H21N3O4S2. The number of piperazine rings is 1. The van der Waals surface area contributed by atoms with Gasteiger partial charge in [-0.1, -0.05) is 25.2 Å². The molecule has 0 spiro atoms. The molecule has 0 N–H and O–H groups in total. The lowest BCUT2D eigenvalue weighted by atomic mass is 10.00. The van der Waals surface area contributed by atoms with Gasteiger partial charge in [0.05, 0.1) is 4.92 Å². The Morgan fingerprint density at radius 3 is 2.55 bits per heavy atom. The van der Waals surface area contributed by atoms with Gasteiger partial charge in [-0.15, -0.1) is 0 Å². The van der Waals surface area contributed by atoms with E-state index in [1.807, 2.05) is 11.9 Å². The molecule has 0 amide bonds. The second-order valence-corrected chi connectivity index (χ2v) is 9.33. The molecule has 0 unspecified atom stereocenters. The SMILES string of the molecule is CC(C)[C@@H]1CN(C)CCN1c1sc(S(C)(=O)=O)cc1[N+](=O)[O-]. The fourth-order valence-electron chi connectivity index (χ4n) is 2.65. The van der Waals surface area contributed by atoms with Crippen LogP contribution >= 0.6 is 11.3 Å². The first-order chi connectivity index (χ1) is 10.1. The van der Waals surface area contributed by atoms with Crippen molar-refractivity contribution in [1.29, 1.82) is 0 Å². The number of hydrogen-bond acceptors (Lipinski definition) is 7. The van der Waals surface area contributed by atoms with Gasteiger partial charge in [0.1, 0.15) is 4.21 Å². The quantitative estimate of drug-likeness (QED) is 0.610. The maximum Gasteiger partial charge on any atom is 0.305 e. The van der Waals surface area contributed by atoms with Gasteiger partial charge >= 0.3 is 5.69 Å². The molecule has 0 radical (unpaired) electrons. The van der Waals surface area contributed by atoms with Gasteiger partial charge in [-0.3, -0.25) is 10.1 Å². The van der Waals surface area contributed by atoms with Crippen LogP contribution in [0.2, 0.25) is 0 Å². The number of anilines is 1. The van der Waals surface area contributed by atoms with Gasteiger partial charge in [-0.05, 0) is 13.0 Å². The van der Waals surface area contributed by atoms with E-state index >= 15 is 0 Å². The van der Waals surface area contributed by atoms with E-state index in [9.17, 15) is 18.5 Å². The highest BCUT2D eigenvalue weighted by molar-refractivity contribution is 7.92. The Kier molecular flexibility index (Phi) is 4.78. The zero-order valence-electron chi connectivity index (χ0n) is 13.1. The Bertz CT molecular complexity index is 669. The van der Waals surface area contributed by atoms with Crippen LogP contribution in [0, 0.1) is 16.0 Å². The first-order valence-electron chi connectivity index (χ1n) is 7.04. The van der Waals surface area contributed by atoms with Crippen molar-refractivity contribution >= 4 is 31.9 Å². The third-order valence-corrected chi connectivity index (χ3v) is 6.85. The number of nitro groups is 1. The van der Waals surface area contributed by atoms with E-state index in [1.165, 1.54) is 6.07 Å². The van der Waals surface area contributed by atoms with Gasteiger partial charge in [0.15, 0.2) is 14.8 Å². The number of rotatable bonds is 4. The van der Waals surface area contributed by atoms with Gasteiger partial charge in [0, 0.05) is 38.0 Å². The molecule has 0 aliphatic carbocycles. The van der Waals surface area contributed by atoms with Crippen LogP contribution in [0.5, 0.6) is 0 Å². The standard InChI is InChI=1S/C13H21N3O4S2/c1-9(2)11-8-14(3)5-6-15(11)13-10(16(17)18)7-12(21-13)22(4,19)20/h7,9,11H,5-6,8H2,1-4H3/t11-/m0/s1. The van der Waals surface area contributed by atoms with Crippen LogP contribution in [0.1, 0.15) is 13.8 Å². The third-order valence-electron chi connectivity index (χ3n) is 3.89. The van der Waals surface area contributed by atoms with Crippen molar-refractivity contribution in [2.45, 2.75) is 24.1 Å². The minimum absolute atomic E-state index is 0.0515. The summed E-state index contributed by atoms with van der Waals surface area (Å²) in [7, 11) is -1.42. The number of thiophene rings is 1. The second-order valence-electron chi connectivity index (χ2n) is 6.05. The summed E-state index contributed by atoms with van der Waals surface area (Å²) in [6, 6.07) is 1.31. The van der Waals surface area contributed by atoms with Crippen LogP contribution < -0.4 is 4.90 Å². The van der Waals surface area contributed by atoms with E-state index in [2.05, 4.69) is 18.7 Å². The molecule has 0 aromatic carbocycles.